The number of carbonyl (C=O) groups is 5. The summed E-state index contributed by atoms with van der Waals surface area (Å²) >= 11 is 4.05. The number of rotatable bonds is 13. The predicted octanol–water partition coefficient (Wildman–Crippen LogP) is -1.69. The Bertz CT molecular complexity index is 820. The number of carboxylic acid groups (broad SMARTS) is 1. The van der Waals surface area contributed by atoms with Crippen LogP contribution >= 0.6 is 12.6 Å². The second kappa shape index (κ2) is 13.3. The molecule has 1 aromatic carbocycles. The van der Waals surface area contributed by atoms with Crippen LogP contribution in [0.25, 0.3) is 0 Å². The third-order valence-electron chi connectivity index (χ3n) is 4.44. The van der Waals surface area contributed by atoms with Crippen LogP contribution in [0.1, 0.15) is 25.3 Å². The lowest BCUT2D eigenvalue weighted by Crippen LogP contribution is -2.57. The summed E-state index contributed by atoms with van der Waals surface area (Å²) in [5.41, 5.74) is 11.3. The molecule has 0 radical (unpaired) electrons. The number of aliphatic carboxylic acids is 1. The van der Waals surface area contributed by atoms with E-state index in [9.17, 15) is 29.1 Å². The maximum atomic E-state index is 12.6. The molecule has 12 heteroatoms. The largest absolute Gasteiger partial charge is 0.480 e. The number of carbonyl (C=O) groups excluding carboxylic acids is 4. The smallest absolute Gasteiger partial charge is 0.326 e. The molecule has 4 atom stereocenters. The Morgan fingerprint density at radius 2 is 1.47 bits per heavy atom. The second-order valence-corrected chi connectivity index (χ2v) is 7.55. The molecule has 32 heavy (non-hydrogen) atoms. The number of thiol groups is 1. The molecule has 1 aromatic rings. The minimum Gasteiger partial charge on any atom is -0.480 e. The van der Waals surface area contributed by atoms with Crippen molar-refractivity contribution in [2.24, 2.45) is 11.5 Å². The van der Waals surface area contributed by atoms with Gasteiger partial charge in [0, 0.05) is 18.6 Å². The Kier molecular flexibility index (Phi) is 11.2. The lowest BCUT2D eigenvalue weighted by Gasteiger charge is -2.24. The van der Waals surface area contributed by atoms with Crippen molar-refractivity contribution in [2.75, 3.05) is 5.75 Å². The summed E-state index contributed by atoms with van der Waals surface area (Å²) in [6.07, 6.45) is -0.250. The van der Waals surface area contributed by atoms with E-state index in [1.54, 1.807) is 30.3 Å². The van der Waals surface area contributed by atoms with Gasteiger partial charge in [0.05, 0.1) is 6.04 Å². The zero-order valence-corrected chi connectivity index (χ0v) is 18.5. The van der Waals surface area contributed by atoms with Crippen molar-refractivity contribution in [3.05, 3.63) is 35.9 Å². The Morgan fingerprint density at radius 1 is 0.938 bits per heavy atom. The minimum atomic E-state index is -1.24. The number of nitrogens with one attached hydrogen (secondary N) is 3. The van der Waals surface area contributed by atoms with Crippen molar-refractivity contribution >= 4 is 42.2 Å². The summed E-state index contributed by atoms with van der Waals surface area (Å²) in [6, 6.07) is 4.23. The topological polar surface area (TPSA) is 194 Å². The number of amides is 4. The summed E-state index contributed by atoms with van der Waals surface area (Å²) in [6.45, 7) is 1.42. The third-order valence-corrected chi connectivity index (χ3v) is 4.80. The molecule has 0 aromatic heterocycles. The number of hydrogen-bond acceptors (Lipinski definition) is 7. The molecule has 1 rings (SSSR count). The first kappa shape index (κ1) is 26.9. The zero-order valence-electron chi connectivity index (χ0n) is 17.6. The first-order chi connectivity index (χ1) is 15.0. The molecule has 11 nitrogen and oxygen atoms in total. The van der Waals surface area contributed by atoms with Gasteiger partial charge >= 0.3 is 5.97 Å². The summed E-state index contributed by atoms with van der Waals surface area (Å²) in [7, 11) is 0. The molecule has 0 saturated carbocycles. The van der Waals surface area contributed by atoms with Crippen molar-refractivity contribution in [3.63, 3.8) is 0 Å². The fourth-order valence-corrected chi connectivity index (χ4v) is 2.90. The number of primary amides is 1. The maximum absolute atomic E-state index is 12.6. The van der Waals surface area contributed by atoms with Crippen LogP contribution in [-0.2, 0) is 30.4 Å². The monoisotopic (exact) mass is 467 g/mol. The summed E-state index contributed by atoms with van der Waals surface area (Å²) in [5.74, 6) is -4.20. The van der Waals surface area contributed by atoms with E-state index < -0.39 is 53.8 Å². The quantitative estimate of drug-likeness (QED) is 0.168. The summed E-state index contributed by atoms with van der Waals surface area (Å²) in [4.78, 5) is 59.8. The molecule has 176 valence electrons. The summed E-state index contributed by atoms with van der Waals surface area (Å²) in [5, 5.41) is 16.7. The van der Waals surface area contributed by atoms with Crippen LogP contribution in [0.2, 0.25) is 0 Å². The molecular formula is C20H29N5O6S. The van der Waals surface area contributed by atoms with E-state index in [2.05, 4.69) is 28.6 Å². The molecule has 0 bridgehead atoms. The molecule has 0 aliphatic carbocycles. The van der Waals surface area contributed by atoms with E-state index in [0.717, 1.165) is 0 Å². The van der Waals surface area contributed by atoms with Gasteiger partial charge < -0.3 is 32.5 Å². The highest BCUT2D eigenvalue weighted by Crippen LogP contribution is 2.05. The Labute approximate surface area is 191 Å². The fourth-order valence-electron chi connectivity index (χ4n) is 2.65. The molecule has 0 saturated heterocycles. The number of nitrogens with two attached hydrogens (primary N) is 2. The van der Waals surface area contributed by atoms with Crippen LogP contribution in [-0.4, -0.2) is 64.6 Å². The van der Waals surface area contributed by atoms with Crippen molar-refractivity contribution in [3.8, 4) is 0 Å². The standard InChI is InChI=1S/C20H29N5O6S/c1-11(21)17(27)23-13(7-8-16(22)26)18(28)25-15(10-32)19(29)24-14(20(30)31)9-12-5-3-2-4-6-12/h2-6,11,13-15,32H,7-10,21H2,1H3,(H2,22,26)(H,23,27)(H,24,29)(H,25,28)(H,30,31). The van der Waals surface area contributed by atoms with Crippen LogP contribution in [0.4, 0.5) is 0 Å². The highest BCUT2D eigenvalue weighted by molar-refractivity contribution is 7.80. The van der Waals surface area contributed by atoms with Crippen molar-refractivity contribution in [1.82, 2.24) is 16.0 Å². The SMILES string of the molecule is CC(N)C(=O)NC(CCC(N)=O)C(=O)NC(CS)C(=O)NC(Cc1ccccc1)C(=O)O. The Balaban J connectivity index is 2.85. The van der Waals surface area contributed by atoms with Gasteiger partial charge in [-0.15, -0.1) is 0 Å². The average molecular weight is 468 g/mol. The van der Waals surface area contributed by atoms with Gasteiger partial charge in [-0.2, -0.15) is 12.6 Å². The van der Waals surface area contributed by atoms with Crippen molar-refractivity contribution in [1.29, 1.82) is 0 Å². The lowest BCUT2D eigenvalue weighted by molar-refractivity contribution is -0.142. The van der Waals surface area contributed by atoms with E-state index in [-0.39, 0.29) is 25.0 Å². The van der Waals surface area contributed by atoms with E-state index in [1.165, 1.54) is 6.92 Å². The molecule has 0 heterocycles. The van der Waals surface area contributed by atoms with E-state index in [1.807, 2.05) is 0 Å². The Hall–Kier alpha value is -3.12. The first-order valence-electron chi connectivity index (χ1n) is 9.87. The predicted molar refractivity (Wildman–Crippen MR) is 120 cm³/mol. The van der Waals surface area contributed by atoms with Gasteiger partial charge in [0.2, 0.25) is 23.6 Å². The minimum absolute atomic E-state index is 0.0425. The molecule has 0 fully saturated rings. The average Bonchev–Trinajstić information content (AvgIpc) is 2.74. The lowest BCUT2D eigenvalue weighted by atomic mass is 10.1. The third kappa shape index (κ3) is 9.35. The normalized spacial score (nSPS) is 14.3. The van der Waals surface area contributed by atoms with Crippen LogP contribution in [0.3, 0.4) is 0 Å². The molecule has 4 unspecified atom stereocenters. The second-order valence-electron chi connectivity index (χ2n) is 7.19. The fraction of sp³-hybridized carbons (Fsp3) is 0.450. The van der Waals surface area contributed by atoms with Gasteiger partial charge in [0.15, 0.2) is 0 Å². The molecular weight excluding hydrogens is 438 g/mol. The number of carboxylic acids is 1. The van der Waals surface area contributed by atoms with Gasteiger partial charge in [-0.05, 0) is 18.9 Å². The van der Waals surface area contributed by atoms with Crippen LogP contribution in [0, 0.1) is 0 Å². The van der Waals surface area contributed by atoms with Gasteiger partial charge in [-0.3, -0.25) is 19.2 Å². The number of benzene rings is 1. The maximum Gasteiger partial charge on any atom is 0.326 e. The zero-order chi connectivity index (χ0) is 24.3. The van der Waals surface area contributed by atoms with Crippen LogP contribution < -0.4 is 27.4 Å². The number of hydrogen-bond donors (Lipinski definition) is 7. The first-order valence-corrected chi connectivity index (χ1v) is 10.5. The van der Waals surface area contributed by atoms with E-state index in [4.69, 9.17) is 11.5 Å². The highest BCUT2D eigenvalue weighted by atomic mass is 32.1. The van der Waals surface area contributed by atoms with Crippen LogP contribution in [0.15, 0.2) is 30.3 Å². The van der Waals surface area contributed by atoms with Crippen molar-refractivity contribution in [2.45, 2.75) is 50.4 Å². The van der Waals surface area contributed by atoms with Crippen molar-refractivity contribution < 1.29 is 29.1 Å². The van der Waals surface area contributed by atoms with Crippen LogP contribution in [0.5, 0.6) is 0 Å². The summed E-state index contributed by atoms with van der Waals surface area (Å²) < 4.78 is 0. The molecule has 0 spiro atoms. The highest BCUT2D eigenvalue weighted by Gasteiger charge is 2.29. The van der Waals surface area contributed by atoms with E-state index in [0.29, 0.717) is 5.56 Å². The van der Waals surface area contributed by atoms with Gasteiger partial charge in [-0.25, -0.2) is 4.79 Å². The van der Waals surface area contributed by atoms with Gasteiger partial charge in [-0.1, -0.05) is 30.3 Å². The molecule has 8 N–H and O–H groups in total. The van der Waals surface area contributed by atoms with Gasteiger partial charge in [0.25, 0.3) is 0 Å². The molecule has 0 aliphatic heterocycles. The Morgan fingerprint density at radius 3 is 1.97 bits per heavy atom. The van der Waals surface area contributed by atoms with E-state index >= 15 is 0 Å². The van der Waals surface area contributed by atoms with Gasteiger partial charge in [0.1, 0.15) is 18.1 Å². The molecule has 4 amide bonds. The molecule has 0 aliphatic rings.